The van der Waals surface area contributed by atoms with Gasteiger partial charge in [-0.25, -0.2) is 33.2 Å². The monoisotopic (exact) mass is 587 g/mol. The normalized spacial score (nSPS) is 28.4. The van der Waals surface area contributed by atoms with Crippen LogP contribution < -0.4 is 5.73 Å². The summed E-state index contributed by atoms with van der Waals surface area (Å²) in [6.07, 6.45) is -5.19. The highest BCUT2D eigenvalue weighted by atomic mass is 31.3. The SMILES string of the molecule is COP(=O)(O[C@H]1O[C@@H](n2cnc3c(N)ncnc32)[C@H](O)[C@H]1O)OP(=O)(O)OP(=O)(O)OP(=O)(O)O. The highest BCUT2D eigenvalue weighted by Crippen LogP contribution is 2.72. The summed E-state index contributed by atoms with van der Waals surface area (Å²) < 4.78 is 73.3. The molecule has 25 heteroatoms. The van der Waals surface area contributed by atoms with Crippen LogP contribution in [0.3, 0.4) is 0 Å². The van der Waals surface area contributed by atoms with E-state index in [4.69, 9.17) is 24.8 Å². The van der Waals surface area contributed by atoms with Crippen LogP contribution in [0.4, 0.5) is 5.82 Å². The molecule has 0 spiro atoms. The van der Waals surface area contributed by atoms with Gasteiger partial charge in [-0.3, -0.25) is 13.6 Å². The number of phosphoric acid groups is 4. The third-order valence-corrected chi connectivity index (χ3v) is 9.80. The number of phosphoric ester groups is 1. The Balaban J connectivity index is 1.77. The fraction of sp³-hybridized carbons (Fsp3) is 0.500. The number of aliphatic hydroxyl groups excluding tert-OH is 2. The topological polar surface area (TPSA) is 315 Å². The number of nitrogen functional groups attached to an aromatic ring is 1. The maximum Gasteiger partial charge on any atom is 0.490 e. The summed E-state index contributed by atoms with van der Waals surface area (Å²) in [4.78, 5) is 47.4. The van der Waals surface area contributed by atoms with Gasteiger partial charge in [-0.1, -0.05) is 0 Å². The van der Waals surface area contributed by atoms with E-state index in [-0.39, 0.29) is 17.0 Å². The Morgan fingerprint density at radius 3 is 2.20 bits per heavy atom. The van der Waals surface area contributed by atoms with Crippen LogP contribution in [0, 0.1) is 0 Å². The van der Waals surface area contributed by atoms with Crippen molar-refractivity contribution in [2.75, 3.05) is 12.8 Å². The van der Waals surface area contributed by atoms with E-state index < -0.39 is 56.0 Å². The maximum atomic E-state index is 12.7. The van der Waals surface area contributed by atoms with E-state index in [1.165, 1.54) is 0 Å². The van der Waals surface area contributed by atoms with Crippen LogP contribution in [0.2, 0.25) is 0 Å². The van der Waals surface area contributed by atoms with E-state index in [2.05, 4.69) is 32.4 Å². The summed E-state index contributed by atoms with van der Waals surface area (Å²) in [5, 5.41) is 20.6. The molecule has 8 N–H and O–H groups in total. The van der Waals surface area contributed by atoms with Gasteiger partial charge in [0.1, 0.15) is 24.1 Å². The number of imidazole rings is 1. The fourth-order valence-corrected chi connectivity index (χ4v) is 7.49. The predicted octanol–water partition coefficient (Wildman–Crippen LogP) is -0.900. The van der Waals surface area contributed by atoms with Gasteiger partial charge in [-0.2, -0.15) is 12.9 Å². The minimum atomic E-state index is -5.97. The molecule has 0 saturated carbocycles. The summed E-state index contributed by atoms with van der Waals surface area (Å²) >= 11 is 0. The second-order valence-corrected chi connectivity index (χ2v) is 12.7. The number of ether oxygens (including phenoxy) is 1. The molecule has 21 nitrogen and oxygen atoms in total. The number of hydrogen-bond acceptors (Lipinski definition) is 16. The highest BCUT2D eigenvalue weighted by Gasteiger charge is 2.52. The minimum absolute atomic E-state index is 0.0190. The molecule has 0 aliphatic carbocycles. The van der Waals surface area contributed by atoms with Crippen molar-refractivity contribution in [1.82, 2.24) is 19.5 Å². The zero-order chi connectivity index (χ0) is 26.4. The third-order valence-electron chi connectivity index (χ3n) is 3.93. The summed E-state index contributed by atoms with van der Waals surface area (Å²) in [6.45, 7) is 0. The molecule has 0 aromatic carbocycles. The first kappa shape index (κ1) is 28.4. The molecule has 1 fully saturated rings. The van der Waals surface area contributed by atoms with Crippen molar-refractivity contribution >= 4 is 48.3 Å². The predicted molar refractivity (Wildman–Crippen MR) is 106 cm³/mol. The van der Waals surface area contributed by atoms with Crippen molar-refractivity contribution in [2.45, 2.75) is 24.7 Å². The molecule has 3 unspecified atom stereocenters. The minimum Gasteiger partial charge on any atom is -0.385 e. The van der Waals surface area contributed by atoms with Gasteiger partial charge in [0.2, 0.25) is 0 Å². The van der Waals surface area contributed by atoms with E-state index in [1.807, 2.05) is 0 Å². The van der Waals surface area contributed by atoms with Gasteiger partial charge in [0.05, 0.1) is 6.33 Å². The first-order chi connectivity index (χ1) is 16.0. The lowest BCUT2D eigenvalue weighted by molar-refractivity contribution is -0.134. The zero-order valence-electron chi connectivity index (χ0n) is 16.9. The number of aromatic nitrogens is 4. The Kier molecular flexibility index (Phi) is 8.04. The van der Waals surface area contributed by atoms with Crippen LogP contribution in [0.15, 0.2) is 12.7 Å². The Morgan fingerprint density at radius 1 is 0.971 bits per heavy atom. The van der Waals surface area contributed by atoms with Crippen molar-refractivity contribution in [2.24, 2.45) is 0 Å². The Labute approximate surface area is 193 Å². The van der Waals surface area contributed by atoms with Gasteiger partial charge in [-0.05, 0) is 0 Å². The molecule has 3 heterocycles. The molecule has 35 heavy (non-hydrogen) atoms. The Morgan fingerprint density at radius 2 is 1.60 bits per heavy atom. The number of rotatable bonds is 10. The Hall–Kier alpha value is -1.21. The number of nitrogens with two attached hydrogens (primary N) is 1. The molecule has 0 radical (unpaired) electrons. The largest absolute Gasteiger partial charge is 0.490 e. The second kappa shape index (κ2) is 9.92. The third kappa shape index (κ3) is 6.76. The lowest BCUT2D eigenvalue weighted by Crippen LogP contribution is -2.32. The lowest BCUT2D eigenvalue weighted by atomic mass is 10.2. The standard InChI is InChI=1S/C10H17N5O16P4/c1-26-35(25,31-34(23,24)30-33(21,22)29-32(18,19)20)28-10-6(17)5(16)9(27-10)15-3-14-4-7(11)12-2-13-8(4)15/h2-3,5-6,9-10,16-17H,1H3,(H,21,22)(H,23,24)(H2,11,12,13)(H2,18,19,20)/t5-,6-,9-,10-,35?/m1/s1. The first-order valence-corrected chi connectivity index (χ1v) is 14.6. The number of aliphatic hydroxyl groups is 2. The molecule has 3 rings (SSSR count). The van der Waals surface area contributed by atoms with Gasteiger partial charge in [0.15, 0.2) is 24.0 Å². The fourth-order valence-electron chi connectivity index (χ4n) is 2.65. The number of nitrogens with zero attached hydrogens (tertiary/aromatic N) is 4. The molecule has 2 aromatic rings. The number of fused-ring (bicyclic) bond motifs is 1. The molecule has 0 amide bonds. The van der Waals surface area contributed by atoms with Crippen molar-refractivity contribution < 1.29 is 74.8 Å². The number of hydrogen-bond donors (Lipinski definition) is 7. The van der Waals surface area contributed by atoms with Crippen LogP contribution >= 0.6 is 31.3 Å². The van der Waals surface area contributed by atoms with E-state index >= 15 is 0 Å². The molecule has 2 aromatic heterocycles. The molecular weight excluding hydrogens is 570 g/mol. The van der Waals surface area contributed by atoms with Gasteiger partial charge >= 0.3 is 31.3 Å². The lowest BCUT2D eigenvalue weighted by Gasteiger charge is -2.23. The van der Waals surface area contributed by atoms with E-state index in [9.17, 15) is 38.3 Å². The van der Waals surface area contributed by atoms with Crippen molar-refractivity contribution in [3.8, 4) is 0 Å². The van der Waals surface area contributed by atoms with Crippen LogP contribution in [0.25, 0.3) is 11.2 Å². The van der Waals surface area contributed by atoms with Gasteiger partial charge < -0.3 is 40.3 Å². The van der Waals surface area contributed by atoms with E-state index in [0.717, 1.165) is 17.2 Å². The molecule has 0 bridgehead atoms. The van der Waals surface area contributed by atoms with E-state index in [0.29, 0.717) is 7.11 Å². The van der Waals surface area contributed by atoms with Crippen LogP contribution in [-0.2, 0) is 45.0 Å². The van der Waals surface area contributed by atoms with Gasteiger partial charge in [0, 0.05) is 7.11 Å². The Bertz CT molecular complexity index is 1280. The van der Waals surface area contributed by atoms with Crippen molar-refractivity contribution in [3.05, 3.63) is 12.7 Å². The molecule has 1 aliphatic heterocycles. The summed E-state index contributed by atoms with van der Waals surface area (Å²) in [5.41, 5.74) is 5.83. The molecule has 198 valence electrons. The highest BCUT2D eigenvalue weighted by molar-refractivity contribution is 7.69. The van der Waals surface area contributed by atoms with Crippen LogP contribution in [-0.4, -0.2) is 74.9 Å². The zero-order valence-corrected chi connectivity index (χ0v) is 20.5. The summed E-state index contributed by atoms with van der Waals surface area (Å²) in [5.74, 6) is -0.0190. The van der Waals surface area contributed by atoms with Gasteiger partial charge in [0.25, 0.3) is 0 Å². The molecule has 1 aliphatic rings. The average Bonchev–Trinajstić information content (AvgIpc) is 3.22. The average molecular weight is 587 g/mol. The van der Waals surface area contributed by atoms with Crippen molar-refractivity contribution in [3.63, 3.8) is 0 Å². The second-order valence-electron chi connectivity index (χ2n) is 6.37. The van der Waals surface area contributed by atoms with E-state index in [1.54, 1.807) is 0 Å². The summed E-state index contributed by atoms with van der Waals surface area (Å²) in [6, 6.07) is 0. The molecule has 7 atom stereocenters. The maximum absolute atomic E-state index is 12.7. The molecular formula is C10H17N5O16P4. The quantitative estimate of drug-likeness (QED) is 0.166. The number of anilines is 1. The molecule has 1 saturated heterocycles. The van der Waals surface area contributed by atoms with Crippen molar-refractivity contribution in [1.29, 1.82) is 0 Å². The van der Waals surface area contributed by atoms with Crippen LogP contribution in [0.5, 0.6) is 0 Å². The van der Waals surface area contributed by atoms with Crippen LogP contribution in [0.1, 0.15) is 6.23 Å². The first-order valence-electron chi connectivity index (χ1n) is 8.60. The summed E-state index contributed by atoms with van der Waals surface area (Å²) in [7, 11) is -22.3. The van der Waals surface area contributed by atoms with Gasteiger partial charge in [-0.15, -0.1) is 0 Å². The smallest absolute Gasteiger partial charge is 0.385 e.